The highest BCUT2D eigenvalue weighted by molar-refractivity contribution is 7.85. The molecule has 0 aliphatic rings. The van der Waals surface area contributed by atoms with E-state index in [0.717, 1.165) is 47.8 Å². The van der Waals surface area contributed by atoms with Crippen LogP contribution in [-0.4, -0.2) is 106 Å². The second-order valence-corrected chi connectivity index (χ2v) is 32.3. The molecule has 0 atom stereocenters. The van der Waals surface area contributed by atoms with E-state index in [9.17, 15) is 27.9 Å². The molecule has 432 valence electrons. The van der Waals surface area contributed by atoms with Gasteiger partial charge < -0.3 is 52.6 Å². The molecule has 17 nitrogen and oxygen atoms in total. The Morgan fingerprint density at radius 3 is 1.04 bits per heavy atom. The van der Waals surface area contributed by atoms with Crippen LogP contribution in [0.25, 0.3) is 0 Å². The quantitative estimate of drug-likeness (QED) is 0.0271. The van der Waals surface area contributed by atoms with E-state index in [2.05, 4.69) is 108 Å². The van der Waals surface area contributed by atoms with Gasteiger partial charge >= 0.3 is 17.9 Å². The summed E-state index contributed by atoms with van der Waals surface area (Å²) in [6.45, 7) is 28.8. The van der Waals surface area contributed by atoms with Crippen molar-refractivity contribution in [2.75, 3.05) is 47.4 Å². The molecule has 0 amide bonds. The fourth-order valence-corrected chi connectivity index (χ4v) is 8.23. The molecule has 3 N–H and O–H groups in total. The highest BCUT2D eigenvalue weighted by Crippen LogP contribution is 2.38. The van der Waals surface area contributed by atoms with Gasteiger partial charge in [0.2, 0.25) is 0 Å². The Bertz CT molecular complexity index is 2550. The number of aryl methyl sites for hydroxylation is 3. The molecule has 4 rings (SSSR count). The van der Waals surface area contributed by atoms with Gasteiger partial charge in [-0.15, -0.1) is 0 Å². The van der Waals surface area contributed by atoms with Gasteiger partial charge in [0.05, 0.1) is 60.6 Å². The topological polar surface area (TPSA) is 229 Å². The zero-order chi connectivity index (χ0) is 58.8. The third kappa shape index (κ3) is 27.7. The molecule has 20 heteroatoms. The number of aromatic hydroxyl groups is 1. The van der Waals surface area contributed by atoms with Crippen molar-refractivity contribution in [1.29, 1.82) is 0 Å². The molecule has 4 aromatic rings. The Kier molecular flexibility index (Phi) is 30.0. The van der Waals surface area contributed by atoms with Crippen LogP contribution in [0, 0.1) is 0 Å². The number of hydrogen-bond acceptors (Lipinski definition) is 17. The van der Waals surface area contributed by atoms with Crippen molar-refractivity contribution in [3.63, 3.8) is 0 Å². The number of aliphatic hydroxyl groups excluding tert-OH is 2. The average molecular weight is 1130 g/mol. The summed E-state index contributed by atoms with van der Waals surface area (Å²) in [6, 6.07) is 21.9. The maximum absolute atomic E-state index is 11.2. The summed E-state index contributed by atoms with van der Waals surface area (Å²) in [6.07, 6.45) is 3.58. The molecule has 0 aromatic heterocycles. The number of carbonyl (C=O) groups excluding carboxylic acids is 3. The lowest BCUT2D eigenvalue weighted by atomic mass is 10.1. The van der Waals surface area contributed by atoms with Gasteiger partial charge in [-0.1, -0.05) is 86.6 Å². The summed E-state index contributed by atoms with van der Waals surface area (Å²) in [5.74, 6) is 0.557. The fourth-order valence-electron chi connectivity index (χ4n) is 5.96. The van der Waals surface area contributed by atoms with Gasteiger partial charge in [0.15, 0.2) is 36.5 Å². The number of esters is 3. The second kappa shape index (κ2) is 33.2. The Hall–Kier alpha value is -5.33. The van der Waals surface area contributed by atoms with Crippen LogP contribution in [0.3, 0.4) is 0 Å². The van der Waals surface area contributed by atoms with Crippen molar-refractivity contribution in [3.8, 4) is 23.0 Å². The van der Waals surface area contributed by atoms with Crippen LogP contribution in [0.1, 0.15) is 107 Å². The van der Waals surface area contributed by atoms with E-state index in [1.165, 1.54) is 26.9 Å². The maximum atomic E-state index is 11.2. The third-order valence-electron chi connectivity index (χ3n) is 12.7. The Morgan fingerprint density at radius 1 is 0.468 bits per heavy atom. The van der Waals surface area contributed by atoms with Crippen molar-refractivity contribution in [2.45, 2.75) is 151 Å². The van der Waals surface area contributed by atoms with Crippen molar-refractivity contribution < 1.29 is 79.6 Å². The van der Waals surface area contributed by atoms with E-state index >= 15 is 0 Å². The third-order valence-corrected chi connectivity index (χ3v) is 22.2. The number of methoxy groups -OCH3 is 3. The predicted octanol–water partition coefficient (Wildman–Crippen LogP) is 10.3. The first-order valence-corrected chi connectivity index (χ1v) is 33.0. The first-order valence-electron chi connectivity index (χ1n) is 25.4. The van der Waals surface area contributed by atoms with Crippen LogP contribution < -0.4 is 14.2 Å². The van der Waals surface area contributed by atoms with E-state index in [1.54, 1.807) is 36.4 Å². The van der Waals surface area contributed by atoms with Gasteiger partial charge in [-0.05, 0) is 149 Å². The molecule has 0 fully saturated rings. The average Bonchev–Trinajstić information content (AvgIpc) is 3.38. The highest BCUT2D eigenvalue weighted by Gasteiger charge is 2.38. The summed E-state index contributed by atoms with van der Waals surface area (Å²) in [5.41, 5.74) is 7.32. The first kappa shape index (κ1) is 69.7. The summed E-state index contributed by atoms with van der Waals surface area (Å²) in [4.78, 5) is 33.1. The molecule has 0 heterocycles. The SMILES string of the molecule is CCc1cc(COS(C)(=O)=O)cc(OCC(=O)OC)c1.CCc1cc(CO[Si](C)(C)C(C)(C)C)cc(OCC(=O)OC)c1.CCc1cc(O)cc(CO[Si](C)(C)C(C)(C)C)c1.COC(=O)COc1cc(CO)cc(CO)c1. The first-order chi connectivity index (χ1) is 35.8. The van der Waals surface area contributed by atoms with E-state index in [1.807, 2.05) is 31.2 Å². The number of aliphatic hydroxyl groups is 2. The maximum Gasteiger partial charge on any atom is 0.343 e. The number of ether oxygens (including phenoxy) is 6. The van der Waals surface area contributed by atoms with Gasteiger partial charge in [-0.3, -0.25) is 4.18 Å². The number of phenolic OH excluding ortho intramolecular Hbond substituents is 1. The lowest BCUT2D eigenvalue weighted by molar-refractivity contribution is -0.143. The van der Waals surface area contributed by atoms with E-state index < -0.39 is 38.7 Å². The summed E-state index contributed by atoms with van der Waals surface area (Å²) in [7, 11) is -3.10. The van der Waals surface area contributed by atoms with Crippen LogP contribution in [0.5, 0.6) is 23.0 Å². The number of carbonyl (C=O) groups is 3. The standard InChI is InChI=1S/C18H30O4Si.C15H26O2Si.C13H18O6S.C11H14O5/c1-8-14-9-15(12-22-23(6,7)18(2,3)4)11-16(10-14)21-13-17(19)20-5;1-7-12-8-13(10-14(16)9-12)11-17-18(5,6)15(2,3)4;1-4-10-5-11(8-19-20(3,15)16)7-12(6-10)18-9-13(14)17-2;1-15-11(14)7-16-10-3-8(5-12)2-9(4-10)6-13/h9-11H,8,12-13H2,1-7H3;8-10,16H,7,11H2,1-6H3;5-7H,4,8-9H2,1-3H3;2-4,12-13H,5-7H2,1H3. The number of phenols is 1. The van der Waals surface area contributed by atoms with Crippen molar-refractivity contribution in [3.05, 3.63) is 117 Å². The van der Waals surface area contributed by atoms with E-state index in [-0.39, 0.29) is 55.7 Å². The zero-order valence-electron chi connectivity index (χ0n) is 48.7. The van der Waals surface area contributed by atoms with Gasteiger partial charge in [-0.2, -0.15) is 8.42 Å². The monoisotopic (exact) mass is 1130 g/mol. The lowest BCUT2D eigenvalue weighted by Gasteiger charge is -2.36. The summed E-state index contributed by atoms with van der Waals surface area (Å²) >= 11 is 0. The Balaban J connectivity index is 0.000000518. The summed E-state index contributed by atoms with van der Waals surface area (Å²) < 4.78 is 68.6. The lowest BCUT2D eigenvalue weighted by Crippen LogP contribution is -2.40. The molecule has 77 heavy (non-hydrogen) atoms. The molecule has 0 bridgehead atoms. The van der Waals surface area contributed by atoms with Gasteiger partial charge in [0.1, 0.15) is 23.0 Å². The Labute approximate surface area is 460 Å². The molecule has 0 saturated carbocycles. The van der Waals surface area contributed by atoms with Gasteiger partial charge in [-0.25, -0.2) is 14.4 Å². The smallest absolute Gasteiger partial charge is 0.343 e. The minimum atomic E-state index is -3.50. The molecular formula is C57H88O17SSi2. The minimum absolute atomic E-state index is 0.0682. The molecule has 0 aliphatic carbocycles. The molecule has 4 aromatic carbocycles. The molecular weight excluding hydrogens is 1040 g/mol. The van der Waals surface area contributed by atoms with Crippen LogP contribution in [0.4, 0.5) is 0 Å². The Morgan fingerprint density at radius 2 is 0.740 bits per heavy atom. The molecule has 0 unspecified atom stereocenters. The largest absolute Gasteiger partial charge is 0.508 e. The van der Waals surface area contributed by atoms with Crippen LogP contribution >= 0.6 is 0 Å². The van der Waals surface area contributed by atoms with E-state index in [4.69, 9.17) is 37.5 Å². The van der Waals surface area contributed by atoms with Crippen LogP contribution in [-0.2, 0) is 104 Å². The predicted molar refractivity (Wildman–Crippen MR) is 304 cm³/mol. The minimum Gasteiger partial charge on any atom is -0.508 e. The molecule has 0 saturated heterocycles. The van der Waals surface area contributed by atoms with Crippen molar-refractivity contribution in [2.24, 2.45) is 0 Å². The zero-order valence-corrected chi connectivity index (χ0v) is 51.5. The van der Waals surface area contributed by atoms with Gasteiger partial charge in [0, 0.05) is 0 Å². The van der Waals surface area contributed by atoms with Gasteiger partial charge in [0.25, 0.3) is 10.1 Å². The summed E-state index contributed by atoms with van der Waals surface area (Å²) in [5, 5.41) is 28.0. The molecule has 0 spiro atoms. The highest BCUT2D eigenvalue weighted by atomic mass is 32.2. The van der Waals surface area contributed by atoms with Crippen LogP contribution in [0.2, 0.25) is 36.3 Å². The fraction of sp³-hybridized carbons (Fsp3) is 0.526. The number of rotatable bonds is 23. The number of hydrogen-bond donors (Lipinski definition) is 3. The second-order valence-electron chi connectivity index (χ2n) is 21.0. The normalized spacial score (nSPS) is 11.6. The van der Waals surface area contributed by atoms with E-state index in [0.29, 0.717) is 52.9 Å². The van der Waals surface area contributed by atoms with Crippen molar-refractivity contribution in [1.82, 2.24) is 0 Å². The molecule has 0 aliphatic heterocycles. The molecule has 0 radical (unpaired) electrons. The van der Waals surface area contributed by atoms with Crippen molar-refractivity contribution >= 4 is 44.7 Å². The van der Waals surface area contributed by atoms with Crippen LogP contribution in [0.15, 0.2) is 72.8 Å². The number of benzene rings is 4.